The van der Waals surface area contributed by atoms with Gasteiger partial charge in [0.1, 0.15) is 28.6 Å². The second-order valence-corrected chi connectivity index (χ2v) is 29.2. The Morgan fingerprint density at radius 3 is 1.50 bits per heavy atom. The van der Waals surface area contributed by atoms with Crippen molar-refractivity contribution in [1.82, 2.24) is 59.0 Å². The summed E-state index contributed by atoms with van der Waals surface area (Å²) < 4.78 is 16.4. The molecule has 0 saturated heterocycles. The number of benzene rings is 6. The van der Waals surface area contributed by atoms with Gasteiger partial charge in [-0.25, -0.2) is 19.9 Å². The van der Waals surface area contributed by atoms with E-state index < -0.39 is 10.8 Å². The molecular formula is C84H66N14O2PdPt2S2-2. The van der Waals surface area contributed by atoms with Crippen LogP contribution in [0.25, 0.3) is 79.2 Å². The second kappa shape index (κ2) is 28.8. The summed E-state index contributed by atoms with van der Waals surface area (Å²) in [4.78, 5) is 53.2. The molecule has 3 aliphatic heterocycles. The van der Waals surface area contributed by atoms with E-state index in [1.807, 2.05) is 144 Å². The molecule has 16 aromatic rings. The zero-order chi connectivity index (χ0) is 69.5. The number of para-hydroxylation sites is 4. The van der Waals surface area contributed by atoms with Crippen LogP contribution in [0.3, 0.4) is 0 Å². The fourth-order valence-electron chi connectivity index (χ4n) is 13.2. The average Bonchev–Trinajstić information content (AvgIpc) is 1.60. The van der Waals surface area contributed by atoms with E-state index in [0.717, 1.165) is 140 Å². The summed E-state index contributed by atoms with van der Waals surface area (Å²) in [5.74, 6) is 1.83. The standard InChI is InChI=1S/C32H28N6.C30H19N4O2.C22H19N4S2.Pd.2Pt/c1-31(2)27-17-15-23(33-27)26-20-38(22-13-9-6-10-14-22)30(36-26)32(3,4)28-18-16-24(34-28)25-19-37(29(31)35-25)21-11-7-5-8-12-21;1-3-11-23(12-4-1)33-25-15-7-9-21(17-25)28-20-36-30(32-28)34(24-13-5-2-6-14-24)26-16-8-10-22(18-26)27-19-35-29(33)31-27;1-21(2)15-5-13(7-23-9-15)18-12-28-20(26-18)22(3,4)16-6-14(8-24-10-16)17-11-27-19(21)25-17;;;/h5-20H,1-4H3;1-17,19-20H;5,7-12H,1-4H3;;;/q-2;2*-1;+2;;. The predicted octanol–water partition coefficient (Wildman–Crippen LogP) is 19.8. The van der Waals surface area contributed by atoms with Crippen molar-refractivity contribution in [2.24, 2.45) is 0 Å². The van der Waals surface area contributed by atoms with Gasteiger partial charge in [0.05, 0.1) is 39.7 Å². The zero-order valence-corrected chi connectivity index (χ0v) is 65.8. The van der Waals surface area contributed by atoms with E-state index in [0.29, 0.717) is 17.7 Å². The molecule has 19 rings (SSSR count). The smallest absolute Gasteiger partial charge is 0.659 e. The molecule has 24 bridgehead atoms. The number of aromatic nitrogens is 12. The number of anilines is 6. The summed E-state index contributed by atoms with van der Waals surface area (Å²) in [5.41, 5.74) is 18.6. The van der Waals surface area contributed by atoms with Crippen molar-refractivity contribution in [3.63, 3.8) is 0 Å². The Hall–Kier alpha value is -10.1. The first-order valence-corrected chi connectivity index (χ1v) is 35.4. The Morgan fingerprint density at radius 2 is 0.895 bits per heavy atom. The van der Waals surface area contributed by atoms with Gasteiger partial charge in [0.25, 0.3) is 6.01 Å². The number of thiazole rings is 2. The number of hydrogen-bond acceptors (Lipinski definition) is 14. The van der Waals surface area contributed by atoms with Crippen molar-refractivity contribution in [2.75, 3.05) is 9.80 Å². The van der Waals surface area contributed by atoms with E-state index >= 15 is 0 Å². The largest absolute Gasteiger partial charge is 2.00 e. The van der Waals surface area contributed by atoms with Crippen LogP contribution in [0.15, 0.2) is 263 Å². The van der Waals surface area contributed by atoms with E-state index in [9.17, 15) is 0 Å². The van der Waals surface area contributed by atoms with Crippen LogP contribution >= 0.6 is 22.7 Å². The number of nitrogens with zero attached hydrogens (tertiary/aromatic N) is 14. The number of rotatable bonds is 4. The maximum Gasteiger partial charge on any atom is 2.00 e. The van der Waals surface area contributed by atoms with Crippen LogP contribution in [0.4, 0.5) is 34.8 Å². The number of imidazole rings is 2. The third-order valence-electron chi connectivity index (χ3n) is 19.2. The summed E-state index contributed by atoms with van der Waals surface area (Å²) in [6, 6.07) is 73.2. The van der Waals surface area contributed by atoms with Crippen molar-refractivity contribution < 1.29 is 71.4 Å². The molecule has 0 aliphatic carbocycles. The van der Waals surface area contributed by atoms with Crippen molar-refractivity contribution >= 4 is 57.5 Å². The third kappa shape index (κ3) is 13.3. The summed E-state index contributed by atoms with van der Waals surface area (Å²) >= 11 is 3.34. The minimum Gasteiger partial charge on any atom is -0.659 e. The topological polar surface area (TPSA) is 174 Å². The number of fused-ring (bicyclic) bond motifs is 30. The SMILES string of the molecule is CC1(C)c2[c-]c(cnc2)-c2csc(n2)C(C)(C)c2cncc(c2)-c2csc1n2.CC1(C)c2ccc([n-]2)-c2cn(-c3ccccc3)c(n2)C(C)(C)c2ccc([n-]2)-c2cn(-c3ccccc3)c1n2.[Pd+2].[Pt].[Pt].[c-]1c2cccc1N(c1ccccc1)c1nc(co1)-c1cccc(c1)N(c1ccccc1)c1nc-2co1. The monoisotopic (exact) mass is 1860 g/mol. The van der Waals surface area contributed by atoms with Gasteiger partial charge in [-0.2, -0.15) is 4.98 Å². The van der Waals surface area contributed by atoms with Crippen molar-refractivity contribution in [2.45, 2.75) is 77.0 Å². The van der Waals surface area contributed by atoms with Gasteiger partial charge in [-0.3, -0.25) is 19.8 Å². The second-order valence-electron chi connectivity index (χ2n) is 27.5. The minimum absolute atomic E-state index is 0. The molecular weight excluding hydrogens is 1800 g/mol. The predicted molar refractivity (Wildman–Crippen MR) is 402 cm³/mol. The molecule has 6 aromatic carbocycles. The van der Waals surface area contributed by atoms with Crippen molar-refractivity contribution in [3.05, 3.63) is 311 Å². The van der Waals surface area contributed by atoms with Crippen molar-refractivity contribution in [3.8, 4) is 79.2 Å². The van der Waals surface area contributed by atoms with Gasteiger partial charge in [-0.15, -0.1) is 92.5 Å². The first-order valence-electron chi connectivity index (χ1n) is 33.6. The van der Waals surface area contributed by atoms with E-state index in [1.54, 1.807) is 35.2 Å². The Labute approximate surface area is 659 Å². The van der Waals surface area contributed by atoms with Crippen LogP contribution in [0.2, 0.25) is 0 Å². The molecule has 0 radical (unpaired) electrons. The molecule has 3 aliphatic rings. The van der Waals surface area contributed by atoms with Crippen molar-refractivity contribution in [1.29, 1.82) is 0 Å². The third-order valence-corrected chi connectivity index (χ3v) is 21.6. The molecule has 0 unspecified atom stereocenters. The van der Waals surface area contributed by atoms with E-state index in [2.05, 4.69) is 195 Å². The fourth-order valence-corrected chi connectivity index (χ4v) is 15.1. The van der Waals surface area contributed by atoms with Crippen LogP contribution in [-0.4, -0.2) is 49.0 Å². The summed E-state index contributed by atoms with van der Waals surface area (Å²) in [6.45, 7) is 17.4. The normalized spacial score (nSPS) is 14.1. The summed E-state index contributed by atoms with van der Waals surface area (Å²) in [7, 11) is 0. The van der Waals surface area contributed by atoms with E-state index in [-0.39, 0.29) is 73.4 Å². The van der Waals surface area contributed by atoms with Crippen LogP contribution in [0.5, 0.6) is 0 Å². The van der Waals surface area contributed by atoms with Gasteiger partial charge in [-0.1, -0.05) is 163 Å². The van der Waals surface area contributed by atoms with Gasteiger partial charge in [0.15, 0.2) is 0 Å². The molecule has 0 fully saturated rings. The molecule has 0 amide bonds. The van der Waals surface area contributed by atoms with Gasteiger partial charge < -0.3 is 32.9 Å². The number of pyridine rings is 2. The van der Waals surface area contributed by atoms with Crippen LogP contribution in [0, 0.1) is 12.1 Å². The maximum atomic E-state index is 6.04. The fraction of sp³-hybridized carbons (Fsp3) is 0.143. The molecule has 0 N–H and O–H groups in total. The minimum atomic E-state index is -0.462. The maximum absolute atomic E-state index is 6.04. The molecule has 21 heteroatoms. The van der Waals surface area contributed by atoms with E-state index in [4.69, 9.17) is 48.7 Å². The van der Waals surface area contributed by atoms with Crippen LogP contribution < -0.4 is 19.8 Å². The zero-order valence-electron chi connectivity index (χ0n) is 58.1. The number of oxazole rings is 2. The molecule has 10 aromatic heterocycles. The first kappa shape index (κ1) is 71.9. The number of hydrogen-bond donors (Lipinski definition) is 0. The Bertz CT molecular complexity index is 5380. The molecule has 0 saturated carbocycles. The Balaban J connectivity index is 0.000000132. The molecule has 0 spiro atoms. The molecule has 16 nitrogen and oxygen atoms in total. The van der Waals surface area contributed by atoms with Crippen LogP contribution in [0.1, 0.15) is 99.6 Å². The van der Waals surface area contributed by atoms with Gasteiger partial charge in [-0.05, 0) is 97.2 Å². The quantitative estimate of drug-likeness (QED) is 0.120. The molecule has 528 valence electrons. The summed E-state index contributed by atoms with van der Waals surface area (Å²) in [5, 5.41) is 6.30. The summed E-state index contributed by atoms with van der Waals surface area (Å²) in [6.07, 6.45) is 15.1. The Morgan fingerprint density at radius 1 is 0.390 bits per heavy atom. The first-order chi connectivity index (χ1) is 49.5. The molecule has 13 heterocycles. The van der Waals surface area contributed by atoms with Gasteiger partial charge in [0.2, 0.25) is 0 Å². The Kier molecular flexibility index (Phi) is 19.7. The molecule has 105 heavy (non-hydrogen) atoms. The van der Waals surface area contributed by atoms with E-state index in [1.165, 1.54) is 0 Å². The molecule has 0 atom stereocenters. The van der Waals surface area contributed by atoms with Gasteiger partial charge >= 0.3 is 26.4 Å². The van der Waals surface area contributed by atoms with Crippen LogP contribution in [-0.2, 0) is 84.2 Å². The average molecular weight is 1860 g/mol. The van der Waals surface area contributed by atoms with Gasteiger partial charge in [0, 0.05) is 134 Å².